The molecular weight excluding hydrogens is 226 g/mol. The molecule has 4 heteroatoms. The summed E-state index contributed by atoms with van der Waals surface area (Å²) < 4.78 is 5.64. The van der Waals surface area contributed by atoms with Crippen LogP contribution in [-0.4, -0.2) is 16.8 Å². The molecule has 0 amide bonds. The first kappa shape index (κ1) is 11.0. The van der Waals surface area contributed by atoms with Crippen LogP contribution in [0.15, 0.2) is 36.5 Å². The van der Waals surface area contributed by atoms with Crippen molar-refractivity contribution in [2.45, 2.75) is 19.4 Å². The van der Waals surface area contributed by atoms with Crippen LogP contribution in [0.4, 0.5) is 5.82 Å². The lowest BCUT2D eigenvalue weighted by Gasteiger charge is -2.26. The molecule has 1 N–H and O–H groups in total. The molecule has 0 aliphatic carbocycles. The van der Waals surface area contributed by atoms with Gasteiger partial charge in [0.25, 0.3) is 0 Å². The number of fused-ring (bicyclic) bond motifs is 1. The zero-order chi connectivity index (χ0) is 12.4. The van der Waals surface area contributed by atoms with Crippen LogP contribution in [0.3, 0.4) is 0 Å². The Morgan fingerprint density at radius 1 is 1.33 bits per heavy atom. The Bertz CT molecular complexity index is 556. The summed E-state index contributed by atoms with van der Waals surface area (Å²) in [6, 6.07) is 10.4. The fraction of sp³-hybridized carbons (Fsp3) is 0.286. The summed E-state index contributed by atoms with van der Waals surface area (Å²) in [5, 5.41) is 11.5. The molecule has 1 aliphatic rings. The van der Waals surface area contributed by atoms with Gasteiger partial charge in [-0.2, -0.15) is 5.10 Å². The number of para-hydroxylation sites is 1. The standard InChI is InChI=1S/C14H15N3O/c1-10-8-14(17-15-9-10)16-12-6-7-18-13-5-3-2-4-11(12)13/h2-5,8-9,12H,6-7H2,1H3,(H,16,17). The highest BCUT2D eigenvalue weighted by atomic mass is 16.5. The smallest absolute Gasteiger partial charge is 0.149 e. The Kier molecular flexibility index (Phi) is 2.84. The van der Waals surface area contributed by atoms with Crippen molar-refractivity contribution in [3.05, 3.63) is 47.7 Å². The summed E-state index contributed by atoms with van der Waals surface area (Å²) in [6.45, 7) is 2.74. The molecule has 0 fully saturated rings. The summed E-state index contributed by atoms with van der Waals surface area (Å²) >= 11 is 0. The van der Waals surface area contributed by atoms with E-state index in [1.54, 1.807) is 6.20 Å². The molecule has 0 saturated heterocycles. The number of ether oxygens (including phenoxy) is 1. The molecule has 0 radical (unpaired) electrons. The van der Waals surface area contributed by atoms with Gasteiger partial charge in [-0.05, 0) is 24.6 Å². The van der Waals surface area contributed by atoms with E-state index in [9.17, 15) is 0 Å². The molecule has 2 heterocycles. The maximum Gasteiger partial charge on any atom is 0.149 e. The van der Waals surface area contributed by atoms with Gasteiger partial charge in [0, 0.05) is 12.0 Å². The van der Waals surface area contributed by atoms with Crippen molar-refractivity contribution in [2.24, 2.45) is 0 Å². The first-order valence-electron chi connectivity index (χ1n) is 6.10. The predicted octanol–water partition coefficient (Wildman–Crippen LogP) is 2.72. The van der Waals surface area contributed by atoms with Crippen LogP contribution < -0.4 is 10.1 Å². The topological polar surface area (TPSA) is 47.0 Å². The molecule has 1 unspecified atom stereocenters. The average molecular weight is 241 g/mol. The lowest BCUT2D eigenvalue weighted by atomic mass is 10.0. The van der Waals surface area contributed by atoms with Crippen LogP contribution in [0.5, 0.6) is 5.75 Å². The normalized spacial score (nSPS) is 17.7. The molecule has 18 heavy (non-hydrogen) atoms. The number of nitrogens with zero attached hydrogens (tertiary/aromatic N) is 2. The fourth-order valence-corrected chi connectivity index (χ4v) is 2.20. The largest absolute Gasteiger partial charge is 0.493 e. The number of nitrogens with one attached hydrogen (secondary N) is 1. The van der Waals surface area contributed by atoms with Gasteiger partial charge < -0.3 is 10.1 Å². The van der Waals surface area contributed by atoms with Crippen LogP contribution >= 0.6 is 0 Å². The van der Waals surface area contributed by atoms with Crippen molar-refractivity contribution >= 4 is 5.82 Å². The van der Waals surface area contributed by atoms with E-state index < -0.39 is 0 Å². The Morgan fingerprint density at radius 2 is 2.22 bits per heavy atom. The van der Waals surface area contributed by atoms with E-state index in [0.29, 0.717) is 0 Å². The van der Waals surface area contributed by atoms with Gasteiger partial charge in [0.05, 0.1) is 18.8 Å². The Labute approximate surface area is 106 Å². The molecular formula is C14H15N3O. The summed E-state index contributed by atoms with van der Waals surface area (Å²) in [6.07, 6.45) is 2.69. The zero-order valence-corrected chi connectivity index (χ0v) is 10.3. The van der Waals surface area contributed by atoms with Crippen LogP contribution in [-0.2, 0) is 0 Å². The second-order valence-electron chi connectivity index (χ2n) is 4.49. The highest BCUT2D eigenvalue weighted by Gasteiger charge is 2.21. The van der Waals surface area contributed by atoms with Crippen molar-refractivity contribution in [1.82, 2.24) is 10.2 Å². The van der Waals surface area contributed by atoms with Crippen LogP contribution in [0.25, 0.3) is 0 Å². The van der Waals surface area contributed by atoms with Gasteiger partial charge in [0.2, 0.25) is 0 Å². The van der Waals surface area contributed by atoms with E-state index in [2.05, 4.69) is 21.6 Å². The van der Waals surface area contributed by atoms with Crippen LogP contribution in [0.1, 0.15) is 23.6 Å². The van der Waals surface area contributed by atoms with Crippen molar-refractivity contribution in [3.63, 3.8) is 0 Å². The lowest BCUT2D eigenvalue weighted by Crippen LogP contribution is -2.20. The molecule has 1 aliphatic heterocycles. The Hall–Kier alpha value is -2.10. The van der Waals surface area contributed by atoms with Crippen molar-refractivity contribution in [2.75, 3.05) is 11.9 Å². The van der Waals surface area contributed by atoms with Crippen LogP contribution in [0.2, 0.25) is 0 Å². The minimum atomic E-state index is 0.242. The Morgan fingerprint density at radius 3 is 3.11 bits per heavy atom. The molecule has 4 nitrogen and oxygen atoms in total. The van der Waals surface area contributed by atoms with Gasteiger partial charge >= 0.3 is 0 Å². The number of rotatable bonds is 2. The lowest BCUT2D eigenvalue weighted by molar-refractivity contribution is 0.274. The summed E-state index contributed by atoms with van der Waals surface area (Å²) in [5.41, 5.74) is 2.29. The first-order chi connectivity index (χ1) is 8.83. The number of aromatic nitrogens is 2. The summed E-state index contributed by atoms with van der Waals surface area (Å²) in [5.74, 6) is 1.78. The van der Waals surface area contributed by atoms with Gasteiger partial charge in [-0.15, -0.1) is 5.10 Å². The van der Waals surface area contributed by atoms with E-state index in [4.69, 9.17) is 4.74 Å². The predicted molar refractivity (Wildman–Crippen MR) is 69.7 cm³/mol. The molecule has 1 atom stereocenters. The maximum atomic E-state index is 5.64. The second kappa shape index (κ2) is 4.64. The number of anilines is 1. The van der Waals surface area contributed by atoms with Crippen LogP contribution in [0, 0.1) is 6.92 Å². The van der Waals surface area contributed by atoms with Gasteiger partial charge in [-0.1, -0.05) is 18.2 Å². The van der Waals surface area contributed by atoms with E-state index >= 15 is 0 Å². The summed E-state index contributed by atoms with van der Waals surface area (Å²) in [7, 11) is 0. The number of hydrogen-bond acceptors (Lipinski definition) is 4. The SMILES string of the molecule is Cc1cnnc(NC2CCOc3ccccc32)c1. The third-order valence-corrected chi connectivity index (χ3v) is 3.07. The second-order valence-corrected chi connectivity index (χ2v) is 4.49. The fourth-order valence-electron chi connectivity index (χ4n) is 2.20. The van der Waals surface area contributed by atoms with Gasteiger partial charge in [0.15, 0.2) is 0 Å². The minimum Gasteiger partial charge on any atom is -0.493 e. The van der Waals surface area contributed by atoms with Gasteiger partial charge in [-0.3, -0.25) is 0 Å². The third kappa shape index (κ3) is 2.14. The Balaban J connectivity index is 1.86. The molecule has 1 aromatic carbocycles. The number of benzene rings is 1. The van der Waals surface area contributed by atoms with Crippen molar-refractivity contribution in [3.8, 4) is 5.75 Å². The first-order valence-corrected chi connectivity index (χ1v) is 6.10. The highest BCUT2D eigenvalue weighted by molar-refractivity contribution is 5.44. The molecule has 2 aromatic rings. The highest BCUT2D eigenvalue weighted by Crippen LogP contribution is 2.33. The minimum absolute atomic E-state index is 0.242. The maximum absolute atomic E-state index is 5.64. The summed E-state index contributed by atoms with van der Waals surface area (Å²) in [4.78, 5) is 0. The molecule has 3 rings (SSSR count). The average Bonchev–Trinajstić information content (AvgIpc) is 2.39. The van der Waals surface area contributed by atoms with Gasteiger partial charge in [0.1, 0.15) is 11.6 Å². The van der Waals surface area contributed by atoms with E-state index in [0.717, 1.165) is 30.2 Å². The third-order valence-electron chi connectivity index (χ3n) is 3.07. The molecule has 0 spiro atoms. The van der Waals surface area contributed by atoms with E-state index in [1.165, 1.54) is 5.56 Å². The number of aryl methyl sites for hydroxylation is 1. The van der Waals surface area contributed by atoms with Crippen molar-refractivity contribution in [1.29, 1.82) is 0 Å². The van der Waals surface area contributed by atoms with Gasteiger partial charge in [-0.25, -0.2) is 0 Å². The monoisotopic (exact) mass is 241 g/mol. The molecule has 92 valence electrons. The quantitative estimate of drug-likeness (QED) is 0.878. The zero-order valence-electron chi connectivity index (χ0n) is 10.3. The molecule has 0 bridgehead atoms. The van der Waals surface area contributed by atoms with E-state index in [-0.39, 0.29) is 6.04 Å². The van der Waals surface area contributed by atoms with E-state index in [1.807, 2.05) is 31.2 Å². The molecule has 1 aromatic heterocycles. The number of hydrogen-bond donors (Lipinski definition) is 1. The molecule has 0 saturated carbocycles. The van der Waals surface area contributed by atoms with Crippen molar-refractivity contribution < 1.29 is 4.74 Å².